The molecule has 0 amide bonds. The van der Waals surface area contributed by atoms with Crippen LogP contribution in [-0.4, -0.2) is 29.5 Å². The van der Waals surface area contributed by atoms with E-state index in [-0.39, 0.29) is 11.2 Å². The first-order valence-corrected chi connectivity index (χ1v) is 9.45. The quantitative estimate of drug-likeness (QED) is 0.595. The Kier molecular flexibility index (Phi) is 4.60. The van der Waals surface area contributed by atoms with Gasteiger partial charge in [-0.05, 0) is 17.7 Å². The standard InChI is InChI=1S/C16H20N5O3P/c1-10(2)15-19-13-9-18-21(3)14(13)16(20-15)17-8-11-4-6-12(7-5-11)25(22,23)24/h4-7,9-10H,8H2,1-3H3,(H,17,19,20)(H2,22,23,24). The Morgan fingerprint density at radius 2 is 1.88 bits per heavy atom. The Hall–Kier alpha value is -2.28. The number of hydrogen-bond donors (Lipinski definition) is 3. The minimum Gasteiger partial charge on any atom is -0.364 e. The van der Waals surface area contributed by atoms with Crippen molar-refractivity contribution in [2.75, 3.05) is 5.32 Å². The van der Waals surface area contributed by atoms with Crippen molar-refractivity contribution in [3.05, 3.63) is 41.9 Å². The summed E-state index contributed by atoms with van der Waals surface area (Å²) in [6.45, 7) is 4.53. The number of benzene rings is 1. The number of anilines is 1. The molecular formula is C16H20N5O3P. The van der Waals surface area contributed by atoms with Crippen LogP contribution in [0.2, 0.25) is 0 Å². The van der Waals surface area contributed by atoms with Gasteiger partial charge >= 0.3 is 7.60 Å². The van der Waals surface area contributed by atoms with Gasteiger partial charge in [-0.1, -0.05) is 26.0 Å². The summed E-state index contributed by atoms with van der Waals surface area (Å²) in [6.07, 6.45) is 1.71. The molecule has 0 aliphatic rings. The van der Waals surface area contributed by atoms with Gasteiger partial charge in [0, 0.05) is 19.5 Å². The van der Waals surface area contributed by atoms with E-state index in [2.05, 4.69) is 20.4 Å². The fourth-order valence-electron chi connectivity index (χ4n) is 2.47. The second-order valence-electron chi connectivity index (χ2n) is 6.15. The molecule has 132 valence electrons. The zero-order chi connectivity index (χ0) is 18.2. The largest absolute Gasteiger partial charge is 0.364 e. The van der Waals surface area contributed by atoms with Gasteiger partial charge in [-0.25, -0.2) is 9.97 Å². The number of nitrogens with zero attached hydrogens (tertiary/aromatic N) is 4. The highest BCUT2D eigenvalue weighted by Gasteiger charge is 2.17. The summed E-state index contributed by atoms with van der Waals surface area (Å²) in [5.74, 6) is 1.61. The second kappa shape index (κ2) is 6.55. The number of hydrogen-bond acceptors (Lipinski definition) is 5. The summed E-state index contributed by atoms with van der Waals surface area (Å²) < 4.78 is 13.0. The maximum Gasteiger partial charge on any atom is 0.356 e. The van der Waals surface area contributed by atoms with Crippen molar-refractivity contribution in [1.82, 2.24) is 19.7 Å². The van der Waals surface area contributed by atoms with Crippen LogP contribution in [-0.2, 0) is 18.2 Å². The number of aryl methyl sites for hydroxylation is 1. The molecule has 0 unspecified atom stereocenters. The molecular weight excluding hydrogens is 341 g/mol. The lowest BCUT2D eigenvalue weighted by Gasteiger charge is -2.12. The second-order valence-corrected chi connectivity index (χ2v) is 7.76. The van der Waals surface area contributed by atoms with E-state index in [0.717, 1.165) is 22.4 Å². The first-order valence-electron chi connectivity index (χ1n) is 7.84. The van der Waals surface area contributed by atoms with E-state index in [1.165, 1.54) is 12.1 Å². The predicted octanol–water partition coefficient (Wildman–Crippen LogP) is 1.90. The molecule has 0 fully saturated rings. The molecule has 0 aliphatic heterocycles. The van der Waals surface area contributed by atoms with Gasteiger partial charge in [-0.15, -0.1) is 0 Å². The normalized spacial score (nSPS) is 12.1. The van der Waals surface area contributed by atoms with Gasteiger partial charge in [0.1, 0.15) is 16.9 Å². The number of nitrogens with one attached hydrogen (secondary N) is 1. The van der Waals surface area contributed by atoms with E-state index in [0.29, 0.717) is 12.4 Å². The average molecular weight is 361 g/mol. The van der Waals surface area contributed by atoms with Gasteiger partial charge in [0.2, 0.25) is 0 Å². The smallest absolute Gasteiger partial charge is 0.356 e. The molecule has 0 saturated carbocycles. The molecule has 0 spiro atoms. The van der Waals surface area contributed by atoms with Gasteiger partial charge < -0.3 is 15.1 Å². The Balaban J connectivity index is 1.87. The van der Waals surface area contributed by atoms with Gasteiger partial charge in [-0.2, -0.15) is 5.10 Å². The van der Waals surface area contributed by atoms with Gasteiger partial charge in [0.15, 0.2) is 5.82 Å². The maximum atomic E-state index is 11.2. The van der Waals surface area contributed by atoms with E-state index in [9.17, 15) is 4.57 Å². The number of fused-ring (bicyclic) bond motifs is 1. The molecule has 3 N–H and O–H groups in total. The molecule has 0 radical (unpaired) electrons. The zero-order valence-electron chi connectivity index (χ0n) is 14.2. The van der Waals surface area contributed by atoms with Crippen LogP contribution < -0.4 is 10.6 Å². The van der Waals surface area contributed by atoms with Crippen molar-refractivity contribution in [2.24, 2.45) is 7.05 Å². The van der Waals surface area contributed by atoms with E-state index >= 15 is 0 Å². The molecule has 25 heavy (non-hydrogen) atoms. The van der Waals surface area contributed by atoms with Crippen LogP contribution in [0.3, 0.4) is 0 Å². The van der Waals surface area contributed by atoms with Crippen LogP contribution >= 0.6 is 7.60 Å². The maximum absolute atomic E-state index is 11.2. The van der Waals surface area contributed by atoms with Crippen LogP contribution in [0.15, 0.2) is 30.5 Å². The van der Waals surface area contributed by atoms with Crippen molar-refractivity contribution in [3.63, 3.8) is 0 Å². The zero-order valence-corrected chi connectivity index (χ0v) is 15.1. The fourth-order valence-corrected chi connectivity index (χ4v) is 3.01. The highest BCUT2D eigenvalue weighted by atomic mass is 31.2. The van der Waals surface area contributed by atoms with Crippen molar-refractivity contribution >= 4 is 29.8 Å². The van der Waals surface area contributed by atoms with Gasteiger partial charge in [0.25, 0.3) is 0 Å². The molecule has 0 bridgehead atoms. The monoisotopic (exact) mass is 361 g/mol. The van der Waals surface area contributed by atoms with Crippen LogP contribution in [0.25, 0.3) is 11.0 Å². The van der Waals surface area contributed by atoms with Crippen molar-refractivity contribution in [3.8, 4) is 0 Å². The summed E-state index contributed by atoms with van der Waals surface area (Å²) in [7, 11) is -2.38. The summed E-state index contributed by atoms with van der Waals surface area (Å²) >= 11 is 0. The van der Waals surface area contributed by atoms with Crippen molar-refractivity contribution in [1.29, 1.82) is 0 Å². The van der Waals surface area contributed by atoms with Crippen LogP contribution in [0.4, 0.5) is 5.82 Å². The molecule has 9 heteroatoms. The Bertz CT molecular complexity index is 946. The molecule has 3 aromatic rings. The summed E-state index contributed by atoms with van der Waals surface area (Å²) in [5, 5.41) is 7.53. The lowest BCUT2D eigenvalue weighted by atomic mass is 10.2. The third kappa shape index (κ3) is 3.71. The highest BCUT2D eigenvalue weighted by molar-refractivity contribution is 7.60. The predicted molar refractivity (Wildman–Crippen MR) is 95.8 cm³/mol. The molecule has 2 aromatic heterocycles. The van der Waals surface area contributed by atoms with E-state index < -0.39 is 7.60 Å². The molecule has 0 atom stereocenters. The van der Waals surface area contributed by atoms with Crippen LogP contribution in [0.1, 0.15) is 31.2 Å². The lowest BCUT2D eigenvalue weighted by molar-refractivity contribution is 0.387. The molecule has 3 rings (SSSR count). The molecule has 2 heterocycles. The molecule has 8 nitrogen and oxygen atoms in total. The highest BCUT2D eigenvalue weighted by Crippen LogP contribution is 2.32. The third-order valence-corrected chi connectivity index (χ3v) is 4.82. The third-order valence-electron chi connectivity index (χ3n) is 3.85. The molecule has 0 saturated heterocycles. The minimum atomic E-state index is -4.22. The van der Waals surface area contributed by atoms with Crippen LogP contribution in [0, 0.1) is 0 Å². The van der Waals surface area contributed by atoms with Crippen LogP contribution in [0.5, 0.6) is 0 Å². The first kappa shape index (κ1) is 17.5. The van der Waals surface area contributed by atoms with Crippen molar-refractivity contribution < 1.29 is 14.4 Å². The van der Waals surface area contributed by atoms with Crippen molar-refractivity contribution in [2.45, 2.75) is 26.3 Å². The number of rotatable bonds is 5. The fraction of sp³-hybridized carbons (Fsp3) is 0.312. The lowest BCUT2D eigenvalue weighted by Crippen LogP contribution is -2.09. The average Bonchev–Trinajstić information content (AvgIpc) is 2.93. The summed E-state index contributed by atoms with van der Waals surface area (Å²) in [5.41, 5.74) is 2.48. The SMILES string of the molecule is CC(C)c1nc(NCc2ccc(P(=O)(O)O)cc2)c2c(cnn2C)n1. The van der Waals surface area contributed by atoms with E-state index in [1.54, 1.807) is 23.0 Å². The number of aromatic nitrogens is 4. The summed E-state index contributed by atoms with van der Waals surface area (Å²) in [6, 6.07) is 6.26. The Labute approximate surface area is 145 Å². The van der Waals surface area contributed by atoms with Gasteiger partial charge in [0.05, 0.1) is 11.5 Å². The van der Waals surface area contributed by atoms with E-state index in [1.807, 2.05) is 20.9 Å². The molecule has 0 aliphatic carbocycles. The molecule has 1 aromatic carbocycles. The topological polar surface area (TPSA) is 113 Å². The summed E-state index contributed by atoms with van der Waals surface area (Å²) in [4.78, 5) is 27.5. The van der Waals surface area contributed by atoms with E-state index in [4.69, 9.17) is 9.79 Å². The minimum absolute atomic E-state index is 0.00871. The Morgan fingerprint density at radius 1 is 1.20 bits per heavy atom. The Morgan fingerprint density at radius 3 is 2.48 bits per heavy atom. The first-order chi connectivity index (χ1) is 11.8. The van der Waals surface area contributed by atoms with Gasteiger partial charge in [-0.3, -0.25) is 9.25 Å².